The molecule has 0 fully saturated rings. The molecule has 0 saturated carbocycles. The van der Waals surface area contributed by atoms with Gasteiger partial charge in [-0.3, -0.25) is 13.7 Å². The van der Waals surface area contributed by atoms with Crippen LogP contribution in [0, 0.1) is 0 Å². The van der Waals surface area contributed by atoms with Crippen LogP contribution in [0.15, 0.2) is 48.5 Å². The van der Waals surface area contributed by atoms with E-state index in [0.29, 0.717) is 10.9 Å². The fourth-order valence-corrected chi connectivity index (χ4v) is 2.39. The lowest BCUT2D eigenvalue weighted by molar-refractivity contribution is 0.0982. The molecule has 0 radical (unpaired) electrons. The smallest absolute Gasteiger partial charge is 0.262 e. The molecular formula is C14H9N2O3S-. The molecule has 0 saturated heterocycles. The number of aromatic nitrogens is 1. The van der Waals surface area contributed by atoms with Crippen LogP contribution in [0.3, 0.4) is 0 Å². The van der Waals surface area contributed by atoms with Crippen molar-refractivity contribution in [1.29, 1.82) is 0 Å². The first-order valence-electron chi connectivity index (χ1n) is 5.84. The van der Waals surface area contributed by atoms with E-state index in [1.165, 1.54) is 0 Å². The number of carbonyl (C=O) groups excluding carboxylic acids is 1. The maximum atomic E-state index is 11.9. The molecule has 1 heterocycles. The van der Waals surface area contributed by atoms with Gasteiger partial charge in [-0.1, -0.05) is 24.3 Å². The van der Waals surface area contributed by atoms with Gasteiger partial charge in [0.2, 0.25) is 0 Å². The van der Waals surface area contributed by atoms with Crippen molar-refractivity contribution in [3.63, 3.8) is 0 Å². The maximum Gasteiger partial charge on any atom is 0.262 e. The molecule has 0 spiro atoms. The zero-order valence-electron chi connectivity index (χ0n) is 10.2. The molecular weight excluding hydrogens is 276 g/mol. The lowest BCUT2D eigenvalue weighted by atomic mass is 10.1. The Balaban J connectivity index is 2.25. The summed E-state index contributed by atoms with van der Waals surface area (Å²) < 4.78 is 23.0. The second-order valence-corrected chi connectivity index (χ2v) is 4.89. The van der Waals surface area contributed by atoms with E-state index < -0.39 is 17.2 Å². The van der Waals surface area contributed by atoms with Crippen molar-refractivity contribution in [2.75, 3.05) is 0 Å². The van der Waals surface area contributed by atoms with E-state index in [1.807, 2.05) is 35.1 Å². The van der Waals surface area contributed by atoms with Gasteiger partial charge in [0.05, 0.1) is 11.0 Å². The Morgan fingerprint density at radius 3 is 2.65 bits per heavy atom. The summed E-state index contributed by atoms with van der Waals surface area (Å²) in [4.78, 5) is 16.3. The second kappa shape index (κ2) is 4.99. The highest BCUT2D eigenvalue weighted by Crippen LogP contribution is 2.22. The first-order valence-corrected chi connectivity index (χ1v) is 6.91. The third-order valence-electron chi connectivity index (χ3n) is 2.98. The van der Waals surface area contributed by atoms with Gasteiger partial charge in [0, 0.05) is 27.6 Å². The number of carbonyl (C=O) groups is 1. The minimum Gasteiger partial charge on any atom is -0.755 e. The molecule has 1 unspecified atom stereocenters. The lowest BCUT2D eigenvalue weighted by Crippen LogP contribution is -2.25. The molecule has 0 bridgehead atoms. The minimum atomic E-state index is -2.64. The van der Waals surface area contributed by atoms with Crippen molar-refractivity contribution in [1.82, 2.24) is 9.71 Å². The molecule has 0 aliphatic rings. The Morgan fingerprint density at radius 2 is 1.85 bits per heavy atom. The van der Waals surface area contributed by atoms with Crippen LogP contribution in [0.25, 0.3) is 21.8 Å². The van der Waals surface area contributed by atoms with Crippen LogP contribution in [0.1, 0.15) is 10.4 Å². The lowest BCUT2D eigenvalue weighted by Gasteiger charge is -2.10. The zero-order chi connectivity index (χ0) is 14.1. The predicted octanol–water partition coefficient (Wildman–Crippen LogP) is 1.91. The molecule has 1 amide bonds. The molecule has 3 rings (SSSR count). The molecule has 5 nitrogen and oxygen atoms in total. The number of nitrogens with one attached hydrogen (secondary N) is 1. The van der Waals surface area contributed by atoms with Crippen LogP contribution in [0.5, 0.6) is 0 Å². The topological polar surface area (TPSA) is 82.1 Å². The first kappa shape index (κ1) is 12.7. The van der Waals surface area contributed by atoms with Crippen molar-refractivity contribution >= 4 is 39.0 Å². The third-order valence-corrected chi connectivity index (χ3v) is 3.33. The summed E-state index contributed by atoms with van der Waals surface area (Å²) in [5.74, 6) is -0.666. The van der Waals surface area contributed by atoms with Gasteiger partial charge in [-0.05, 0) is 24.3 Å². The van der Waals surface area contributed by atoms with E-state index in [1.54, 1.807) is 18.2 Å². The van der Waals surface area contributed by atoms with Crippen molar-refractivity contribution in [2.45, 2.75) is 0 Å². The maximum absolute atomic E-state index is 11.9. The first-order chi connectivity index (χ1) is 9.65. The summed E-state index contributed by atoms with van der Waals surface area (Å²) >= 11 is -2.64. The Labute approximate surface area is 117 Å². The Morgan fingerprint density at radius 1 is 1.10 bits per heavy atom. The van der Waals surface area contributed by atoms with Crippen molar-refractivity contribution in [3.8, 4) is 0 Å². The molecule has 1 aromatic heterocycles. The van der Waals surface area contributed by atoms with Crippen LogP contribution in [-0.2, 0) is 11.3 Å². The van der Waals surface area contributed by atoms with Crippen molar-refractivity contribution < 1.29 is 13.6 Å². The minimum absolute atomic E-state index is 0.282. The standard InChI is InChI=1S/C14H10N2O3S/c17-14(16-20(18)19)10-5-3-7-13-11(10)8-9-4-1-2-6-12(9)15-13/h1-8H,(H,16,17)(H,18,19)/p-1. The molecule has 0 aliphatic carbocycles. The highest BCUT2D eigenvalue weighted by atomic mass is 32.2. The highest BCUT2D eigenvalue weighted by Gasteiger charge is 2.11. The summed E-state index contributed by atoms with van der Waals surface area (Å²) in [5, 5.41) is 1.51. The second-order valence-electron chi connectivity index (χ2n) is 4.22. The van der Waals surface area contributed by atoms with Gasteiger partial charge in [0.15, 0.2) is 0 Å². The fraction of sp³-hybridized carbons (Fsp3) is 0. The van der Waals surface area contributed by atoms with Gasteiger partial charge in [-0.25, -0.2) is 4.98 Å². The summed E-state index contributed by atoms with van der Waals surface area (Å²) in [5.41, 5.74) is 1.75. The number of benzene rings is 2. The van der Waals surface area contributed by atoms with E-state index in [-0.39, 0.29) is 5.56 Å². The van der Waals surface area contributed by atoms with E-state index in [2.05, 4.69) is 4.98 Å². The van der Waals surface area contributed by atoms with Crippen LogP contribution in [0.4, 0.5) is 0 Å². The molecule has 1 N–H and O–H groups in total. The van der Waals surface area contributed by atoms with E-state index in [0.717, 1.165) is 10.9 Å². The summed E-state index contributed by atoms with van der Waals surface area (Å²) in [6.45, 7) is 0. The van der Waals surface area contributed by atoms with E-state index in [9.17, 15) is 13.6 Å². The number of pyridine rings is 1. The predicted molar refractivity (Wildman–Crippen MR) is 75.6 cm³/mol. The van der Waals surface area contributed by atoms with Crippen LogP contribution < -0.4 is 4.72 Å². The van der Waals surface area contributed by atoms with E-state index in [4.69, 9.17) is 0 Å². The normalized spacial score (nSPS) is 12.4. The zero-order valence-corrected chi connectivity index (χ0v) is 11.0. The monoisotopic (exact) mass is 285 g/mol. The largest absolute Gasteiger partial charge is 0.755 e. The van der Waals surface area contributed by atoms with Crippen molar-refractivity contribution in [2.24, 2.45) is 0 Å². The molecule has 0 aliphatic heterocycles. The molecule has 2 aromatic carbocycles. The summed E-state index contributed by atoms with van der Waals surface area (Å²) in [7, 11) is 0. The quantitative estimate of drug-likeness (QED) is 0.576. The SMILES string of the molecule is O=C(NS(=O)[O-])c1cccc2nc3ccccc3cc12. The van der Waals surface area contributed by atoms with Gasteiger partial charge in [-0.2, -0.15) is 0 Å². The van der Waals surface area contributed by atoms with E-state index >= 15 is 0 Å². The molecule has 20 heavy (non-hydrogen) atoms. The Bertz CT molecular complexity index is 848. The number of hydrogen-bond acceptors (Lipinski definition) is 4. The number of para-hydroxylation sites is 1. The Kier molecular flexibility index (Phi) is 3.17. The highest BCUT2D eigenvalue weighted by molar-refractivity contribution is 7.77. The number of amides is 1. The molecule has 1 atom stereocenters. The molecule has 100 valence electrons. The van der Waals surface area contributed by atoms with Gasteiger partial charge in [-0.15, -0.1) is 0 Å². The van der Waals surface area contributed by atoms with Gasteiger partial charge in [0.1, 0.15) is 0 Å². The summed E-state index contributed by atoms with van der Waals surface area (Å²) in [6, 6.07) is 14.4. The third kappa shape index (κ3) is 2.26. The number of hydrogen-bond donors (Lipinski definition) is 1. The van der Waals surface area contributed by atoms with Gasteiger partial charge in [0.25, 0.3) is 5.91 Å². The van der Waals surface area contributed by atoms with Gasteiger partial charge < -0.3 is 4.55 Å². The van der Waals surface area contributed by atoms with Gasteiger partial charge >= 0.3 is 0 Å². The number of nitrogens with zero attached hydrogens (tertiary/aromatic N) is 1. The summed E-state index contributed by atoms with van der Waals surface area (Å²) in [6.07, 6.45) is 0. The number of fused-ring (bicyclic) bond motifs is 2. The van der Waals surface area contributed by atoms with Crippen molar-refractivity contribution in [3.05, 3.63) is 54.1 Å². The average molecular weight is 285 g/mol. The van der Waals surface area contributed by atoms with Crippen LogP contribution in [-0.4, -0.2) is 19.7 Å². The molecule has 6 heteroatoms. The molecule has 3 aromatic rings. The number of rotatable bonds is 2. The van der Waals surface area contributed by atoms with Crippen LogP contribution >= 0.6 is 0 Å². The van der Waals surface area contributed by atoms with Crippen LogP contribution in [0.2, 0.25) is 0 Å². The Hall–Kier alpha value is -2.31. The average Bonchev–Trinajstić information content (AvgIpc) is 2.43. The fourth-order valence-electron chi connectivity index (χ4n) is 2.13.